The molecule has 0 aromatic heterocycles. The zero-order valence-corrected chi connectivity index (χ0v) is 10.4. The number of hydrogen-bond donors (Lipinski definition) is 0. The highest BCUT2D eigenvalue weighted by Gasteiger charge is 2.18. The second-order valence-electron chi connectivity index (χ2n) is 4.72. The highest BCUT2D eigenvalue weighted by atomic mass is 28.3. The fourth-order valence-corrected chi connectivity index (χ4v) is 4.40. The Bertz CT molecular complexity index is 97.2. The van der Waals surface area contributed by atoms with Gasteiger partial charge in [-0.2, -0.15) is 0 Å². The van der Waals surface area contributed by atoms with Crippen molar-refractivity contribution in [3.8, 4) is 0 Å². The normalized spacial score (nSPS) is 12.0. The van der Waals surface area contributed by atoms with Crippen LogP contribution in [-0.4, -0.2) is 8.07 Å². The first-order chi connectivity index (χ1) is 5.62. The van der Waals surface area contributed by atoms with Gasteiger partial charge < -0.3 is 0 Å². The Labute approximate surface area is 79.8 Å². The zero-order valence-electron chi connectivity index (χ0n) is 9.45. The number of rotatable bonds is 7. The first-order valence-corrected chi connectivity index (χ1v) is 9.04. The maximum Gasteiger partial charge on any atom is 0.0473 e. The Kier molecular flexibility index (Phi) is 6.82. The molecule has 0 heterocycles. The summed E-state index contributed by atoms with van der Waals surface area (Å²) in [6.07, 6.45) is 7.15. The van der Waals surface area contributed by atoms with Crippen LogP contribution < -0.4 is 0 Å². The van der Waals surface area contributed by atoms with Crippen LogP contribution in [0.5, 0.6) is 0 Å². The van der Waals surface area contributed by atoms with Crippen LogP contribution in [-0.2, 0) is 0 Å². The van der Waals surface area contributed by atoms with E-state index in [0.717, 1.165) is 0 Å². The molecule has 0 unspecified atom stereocenters. The first kappa shape index (κ1) is 12.2. The van der Waals surface area contributed by atoms with Crippen LogP contribution in [0.1, 0.15) is 46.0 Å². The molecule has 0 aromatic carbocycles. The summed E-state index contributed by atoms with van der Waals surface area (Å²) < 4.78 is 0. The summed E-state index contributed by atoms with van der Waals surface area (Å²) in [6.45, 7) is 9.70. The molecule has 0 spiro atoms. The van der Waals surface area contributed by atoms with E-state index >= 15 is 0 Å². The molecule has 12 heavy (non-hydrogen) atoms. The summed E-state index contributed by atoms with van der Waals surface area (Å²) >= 11 is 0. The Morgan fingerprint density at radius 1 is 0.750 bits per heavy atom. The Balaban J connectivity index is 3.42. The third-order valence-electron chi connectivity index (χ3n) is 2.66. The molecular weight excluding hydrogens is 160 g/mol. The fourth-order valence-electron chi connectivity index (χ4n) is 1.63. The third-order valence-corrected chi connectivity index (χ3v) is 6.08. The van der Waals surface area contributed by atoms with E-state index in [4.69, 9.17) is 0 Å². The van der Waals surface area contributed by atoms with Crippen molar-refractivity contribution in [3.63, 3.8) is 0 Å². The van der Waals surface area contributed by atoms with Gasteiger partial charge in [0, 0.05) is 8.07 Å². The molecule has 0 amide bonds. The van der Waals surface area contributed by atoms with Crippen LogP contribution in [0, 0.1) is 0 Å². The lowest BCUT2D eigenvalue weighted by Gasteiger charge is -2.21. The highest BCUT2D eigenvalue weighted by molar-refractivity contribution is 6.77. The first-order valence-electron chi connectivity index (χ1n) is 5.62. The minimum absolute atomic E-state index is 0.762. The standard InChI is InChI=1S/C11H26Si/c1-5-7-9-11-12(3,4)10-8-6-2/h5-11H2,1-4H3. The molecule has 0 aliphatic rings. The van der Waals surface area contributed by atoms with Gasteiger partial charge in [0.05, 0.1) is 0 Å². The maximum absolute atomic E-state index is 2.55. The van der Waals surface area contributed by atoms with Gasteiger partial charge in [-0.15, -0.1) is 0 Å². The quantitative estimate of drug-likeness (QED) is 0.400. The van der Waals surface area contributed by atoms with Crippen molar-refractivity contribution < 1.29 is 0 Å². The van der Waals surface area contributed by atoms with E-state index in [0.29, 0.717) is 0 Å². The predicted molar refractivity (Wildman–Crippen MR) is 61.5 cm³/mol. The van der Waals surface area contributed by atoms with Crippen molar-refractivity contribution in [2.75, 3.05) is 0 Å². The molecule has 0 N–H and O–H groups in total. The Morgan fingerprint density at radius 2 is 1.25 bits per heavy atom. The van der Waals surface area contributed by atoms with Gasteiger partial charge in [0.1, 0.15) is 0 Å². The molecule has 0 saturated heterocycles. The third kappa shape index (κ3) is 6.90. The van der Waals surface area contributed by atoms with Crippen LogP contribution in [0.2, 0.25) is 25.2 Å². The molecule has 0 aromatic rings. The van der Waals surface area contributed by atoms with Gasteiger partial charge in [-0.05, 0) is 0 Å². The lowest BCUT2D eigenvalue weighted by Crippen LogP contribution is -2.24. The van der Waals surface area contributed by atoms with Gasteiger partial charge in [-0.3, -0.25) is 0 Å². The van der Waals surface area contributed by atoms with Gasteiger partial charge in [0.15, 0.2) is 0 Å². The molecule has 1 heteroatoms. The van der Waals surface area contributed by atoms with E-state index in [2.05, 4.69) is 26.9 Å². The van der Waals surface area contributed by atoms with Gasteiger partial charge in [0.2, 0.25) is 0 Å². The SMILES string of the molecule is CCCCC[Si](C)(C)CCCC. The number of unbranched alkanes of at least 4 members (excludes halogenated alkanes) is 3. The van der Waals surface area contributed by atoms with Gasteiger partial charge in [0.25, 0.3) is 0 Å². The lowest BCUT2D eigenvalue weighted by atomic mass is 10.3. The van der Waals surface area contributed by atoms with E-state index in [1.807, 2.05) is 0 Å². The molecule has 0 bridgehead atoms. The summed E-state index contributed by atoms with van der Waals surface area (Å²) in [5.74, 6) is 0. The molecular formula is C11H26Si. The monoisotopic (exact) mass is 186 g/mol. The minimum atomic E-state index is -0.762. The summed E-state index contributed by atoms with van der Waals surface area (Å²) in [7, 11) is -0.762. The summed E-state index contributed by atoms with van der Waals surface area (Å²) in [6, 6.07) is 3.11. The van der Waals surface area contributed by atoms with Crippen LogP contribution in [0.25, 0.3) is 0 Å². The van der Waals surface area contributed by atoms with Crippen molar-refractivity contribution in [2.24, 2.45) is 0 Å². The van der Waals surface area contributed by atoms with E-state index in [1.165, 1.54) is 32.1 Å². The topological polar surface area (TPSA) is 0 Å². The minimum Gasteiger partial charge on any atom is -0.0693 e. The largest absolute Gasteiger partial charge is 0.0693 e. The molecule has 0 fully saturated rings. The van der Waals surface area contributed by atoms with E-state index in [1.54, 1.807) is 12.1 Å². The molecule has 74 valence electrons. The van der Waals surface area contributed by atoms with E-state index in [9.17, 15) is 0 Å². The smallest absolute Gasteiger partial charge is 0.0473 e. The molecule has 0 rings (SSSR count). The number of hydrogen-bond acceptors (Lipinski definition) is 0. The second kappa shape index (κ2) is 6.70. The molecule has 0 nitrogen and oxygen atoms in total. The van der Waals surface area contributed by atoms with Crippen molar-refractivity contribution >= 4 is 8.07 Å². The molecule has 0 radical (unpaired) electrons. The van der Waals surface area contributed by atoms with Crippen LogP contribution in [0.4, 0.5) is 0 Å². The van der Waals surface area contributed by atoms with Crippen molar-refractivity contribution in [3.05, 3.63) is 0 Å². The summed E-state index contributed by atoms with van der Waals surface area (Å²) in [5.41, 5.74) is 0. The average Bonchev–Trinajstić information content (AvgIpc) is 2.01. The Hall–Kier alpha value is 0.217. The zero-order chi connectivity index (χ0) is 9.45. The highest BCUT2D eigenvalue weighted by Crippen LogP contribution is 2.21. The molecule has 0 saturated carbocycles. The van der Waals surface area contributed by atoms with Gasteiger partial charge in [-0.25, -0.2) is 0 Å². The summed E-state index contributed by atoms with van der Waals surface area (Å²) in [5, 5.41) is 0. The van der Waals surface area contributed by atoms with Crippen LogP contribution >= 0.6 is 0 Å². The van der Waals surface area contributed by atoms with E-state index < -0.39 is 8.07 Å². The summed E-state index contributed by atoms with van der Waals surface area (Å²) in [4.78, 5) is 0. The van der Waals surface area contributed by atoms with Gasteiger partial charge in [-0.1, -0.05) is 71.1 Å². The lowest BCUT2D eigenvalue weighted by molar-refractivity contribution is 0.756. The van der Waals surface area contributed by atoms with E-state index in [-0.39, 0.29) is 0 Å². The second-order valence-corrected chi connectivity index (χ2v) is 10.1. The van der Waals surface area contributed by atoms with Crippen molar-refractivity contribution in [1.82, 2.24) is 0 Å². The Morgan fingerprint density at radius 3 is 1.75 bits per heavy atom. The maximum atomic E-state index is 2.55. The molecule has 0 aliphatic heterocycles. The van der Waals surface area contributed by atoms with Crippen LogP contribution in [0.15, 0.2) is 0 Å². The average molecular weight is 186 g/mol. The predicted octanol–water partition coefficient (Wildman–Crippen LogP) is 4.69. The fraction of sp³-hybridized carbons (Fsp3) is 1.00. The molecule has 0 aliphatic carbocycles. The molecule has 0 atom stereocenters. The van der Waals surface area contributed by atoms with Crippen molar-refractivity contribution in [1.29, 1.82) is 0 Å². The van der Waals surface area contributed by atoms with Gasteiger partial charge >= 0.3 is 0 Å². The van der Waals surface area contributed by atoms with Crippen molar-refractivity contribution in [2.45, 2.75) is 71.1 Å². The van der Waals surface area contributed by atoms with Crippen LogP contribution in [0.3, 0.4) is 0 Å².